The van der Waals surface area contributed by atoms with E-state index in [-0.39, 0.29) is 30.2 Å². The van der Waals surface area contributed by atoms with Crippen LogP contribution in [0.3, 0.4) is 0 Å². The average molecular weight is 575 g/mol. The number of amides is 2. The summed E-state index contributed by atoms with van der Waals surface area (Å²) in [5, 5.41) is 12.9. The molecule has 2 amide bonds. The monoisotopic (exact) mass is 574 g/mol. The highest BCUT2D eigenvalue weighted by Crippen LogP contribution is 2.37. The average Bonchev–Trinajstić information content (AvgIpc) is 3.29. The van der Waals surface area contributed by atoms with Crippen LogP contribution in [0.2, 0.25) is 0 Å². The minimum Gasteiger partial charge on any atom is -0.466 e. The zero-order valence-corrected chi connectivity index (χ0v) is 23.4. The Labute approximate surface area is 231 Å². The first-order valence-electron chi connectivity index (χ1n) is 12.7. The number of rotatable bonds is 7. The van der Waals surface area contributed by atoms with Gasteiger partial charge < -0.3 is 19.7 Å². The molecule has 13 heteroatoms. The quantitative estimate of drug-likeness (QED) is 0.496. The van der Waals surface area contributed by atoms with E-state index in [4.69, 9.17) is 9.47 Å². The van der Waals surface area contributed by atoms with Gasteiger partial charge in [-0.2, -0.15) is 9.57 Å². The lowest BCUT2D eigenvalue weighted by atomic mass is 10.0. The van der Waals surface area contributed by atoms with Crippen molar-refractivity contribution in [1.29, 1.82) is 5.26 Å². The summed E-state index contributed by atoms with van der Waals surface area (Å²) in [5.74, 6) is -1.39. The standard InChI is InChI=1S/C26H30N4O7S2/c1-3-36-25(32)18-6-5-12-30(15-18)39(34,35)19-9-7-17(8-10-19)23(31)28-24-21(14-27)20-11-13-29(16-22(20)38-24)26(33)37-4-2/h7-10,18H,3-6,11-13,15-16H2,1-2H3,(H,28,31). The van der Waals surface area contributed by atoms with Crippen LogP contribution in [0.25, 0.3) is 0 Å². The van der Waals surface area contributed by atoms with Gasteiger partial charge in [0.05, 0.1) is 36.1 Å². The number of carbonyl (C=O) groups is 3. The van der Waals surface area contributed by atoms with E-state index in [2.05, 4.69) is 11.4 Å². The maximum Gasteiger partial charge on any atom is 0.410 e. The lowest BCUT2D eigenvalue weighted by Gasteiger charge is -2.30. The van der Waals surface area contributed by atoms with Crippen molar-refractivity contribution in [2.45, 2.75) is 44.6 Å². The van der Waals surface area contributed by atoms with E-state index in [0.29, 0.717) is 49.5 Å². The van der Waals surface area contributed by atoms with Gasteiger partial charge in [-0.3, -0.25) is 9.59 Å². The van der Waals surface area contributed by atoms with E-state index in [1.165, 1.54) is 39.9 Å². The number of benzene rings is 1. The number of piperidine rings is 1. The molecule has 1 saturated heterocycles. The summed E-state index contributed by atoms with van der Waals surface area (Å²) in [5.41, 5.74) is 1.40. The molecule has 0 spiro atoms. The number of thiophene rings is 1. The van der Waals surface area contributed by atoms with Crippen LogP contribution in [0.5, 0.6) is 0 Å². The van der Waals surface area contributed by atoms with Crippen molar-refractivity contribution in [3.63, 3.8) is 0 Å². The van der Waals surface area contributed by atoms with Crippen LogP contribution in [0.15, 0.2) is 29.2 Å². The molecule has 39 heavy (non-hydrogen) atoms. The molecule has 1 aromatic carbocycles. The van der Waals surface area contributed by atoms with Gasteiger partial charge in [-0.05, 0) is 62.9 Å². The molecule has 1 aromatic heterocycles. The van der Waals surface area contributed by atoms with Gasteiger partial charge in [0.1, 0.15) is 11.1 Å². The first-order chi connectivity index (χ1) is 18.7. The van der Waals surface area contributed by atoms with Gasteiger partial charge in [0.2, 0.25) is 10.0 Å². The molecular formula is C26H30N4O7S2. The summed E-state index contributed by atoms with van der Waals surface area (Å²) in [4.78, 5) is 39.6. The molecule has 1 fully saturated rings. The fourth-order valence-electron chi connectivity index (χ4n) is 4.70. The molecule has 3 heterocycles. The highest BCUT2D eigenvalue weighted by atomic mass is 32.2. The number of hydrogen-bond donors (Lipinski definition) is 1. The van der Waals surface area contributed by atoms with E-state index in [1.807, 2.05) is 0 Å². The van der Waals surface area contributed by atoms with Crippen LogP contribution < -0.4 is 5.32 Å². The Morgan fingerprint density at radius 2 is 1.85 bits per heavy atom. The second-order valence-corrected chi connectivity index (χ2v) is 12.2. The maximum absolute atomic E-state index is 13.2. The number of nitrogens with zero attached hydrogens (tertiary/aromatic N) is 3. The predicted molar refractivity (Wildman–Crippen MR) is 143 cm³/mol. The summed E-state index contributed by atoms with van der Waals surface area (Å²) in [6.45, 7) is 5.01. The van der Waals surface area contributed by atoms with Crippen molar-refractivity contribution in [2.24, 2.45) is 5.92 Å². The Morgan fingerprint density at radius 3 is 2.51 bits per heavy atom. The van der Waals surface area contributed by atoms with Gasteiger partial charge in [-0.1, -0.05) is 0 Å². The Hall–Kier alpha value is -3.47. The second kappa shape index (κ2) is 12.1. The minimum atomic E-state index is -3.86. The summed E-state index contributed by atoms with van der Waals surface area (Å²) >= 11 is 1.24. The van der Waals surface area contributed by atoms with Crippen LogP contribution in [-0.2, 0) is 37.3 Å². The molecule has 208 valence electrons. The lowest BCUT2D eigenvalue weighted by Crippen LogP contribution is -2.42. The number of carbonyl (C=O) groups excluding carboxylic acids is 3. The van der Waals surface area contributed by atoms with Crippen molar-refractivity contribution >= 4 is 44.3 Å². The third-order valence-corrected chi connectivity index (χ3v) is 9.69. The summed E-state index contributed by atoms with van der Waals surface area (Å²) in [6.07, 6.45) is 1.18. The Kier molecular flexibility index (Phi) is 8.89. The molecule has 0 radical (unpaired) electrons. The normalized spacial score (nSPS) is 17.6. The van der Waals surface area contributed by atoms with E-state index >= 15 is 0 Å². The highest BCUT2D eigenvalue weighted by molar-refractivity contribution is 7.89. The van der Waals surface area contributed by atoms with Crippen molar-refractivity contribution < 1.29 is 32.3 Å². The smallest absolute Gasteiger partial charge is 0.410 e. The fourth-order valence-corrected chi connectivity index (χ4v) is 7.43. The molecule has 1 N–H and O–H groups in total. The maximum atomic E-state index is 13.2. The number of anilines is 1. The first kappa shape index (κ1) is 28.5. The fraction of sp³-hybridized carbons (Fsp3) is 0.462. The number of nitriles is 1. The van der Waals surface area contributed by atoms with Gasteiger partial charge in [0.15, 0.2) is 0 Å². The van der Waals surface area contributed by atoms with Crippen molar-refractivity contribution in [3.8, 4) is 6.07 Å². The molecule has 0 saturated carbocycles. The first-order valence-corrected chi connectivity index (χ1v) is 15.0. The highest BCUT2D eigenvalue weighted by Gasteiger charge is 2.34. The molecule has 0 bridgehead atoms. The zero-order chi connectivity index (χ0) is 28.2. The van der Waals surface area contributed by atoms with Crippen LogP contribution >= 0.6 is 11.3 Å². The van der Waals surface area contributed by atoms with Crippen LogP contribution in [0, 0.1) is 17.2 Å². The molecule has 11 nitrogen and oxygen atoms in total. The molecule has 1 unspecified atom stereocenters. The summed E-state index contributed by atoms with van der Waals surface area (Å²) in [6, 6.07) is 7.71. The van der Waals surface area contributed by atoms with E-state index in [0.717, 1.165) is 10.4 Å². The third kappa shape index (κ3) is 6.08. The molecular weight excluding hydrogens is 544 g/mol. The number of hydrogen-bond acceptors (Lipinski definition) is 9. The number of ether oxygens (including phenoxy) is 2. The predicted octanol–water partition coefficient (Wildman–Crippen LogP) is 3.35. The van der Waals surface area contributed by atoms with Crippen molar-refractivity contribution in [1.82, 2.24) is 9.21 Å². The number of sulfonamides is 1. The van der Waals surface area contributed by atoms with Crippen molar-refractivity contribution in [2.75, 3.05) is 38.2 Å². The van der Waals surface area contributed by atoms with E-state index < -0.39 is 33.9 Å². The summed E-state index contributed by atoms with van der Waals surface area (Å²) in [7, 11) is -3.86. The second-order valence-electron chi connectivity index (χ2n) is 9.12. The van der Waals surface area contributed by atoms with Gasteiger partial charge in [0, 0.05) is 30.1 Å². The molecule has 1 atom stereocenters. The molecule has 0 aliphatic carbocycles. The SMILES string of the molecule is CCOC(=O)C1CCCN(S(=O)(=O)c2ccc(C(=O)Nc3sc4c(c3C#N)CCN(C(=O)OCC)C4)cc2)C1. The van der Waals surface area contributed by atoms with Gasteiger partial charge >= 0.3 is 12.1 Å². The molecule has 4 rings (SSSR count). The molecule has 2 aliphatic heterocycles. The van der Waals surface area contributed by atoms with Crippen LogP contribution in [-0.4, -0.2) is 68.4 Å². The van der Waals surface area contributed by atoms with E-state index in [9.17, 15) is 28.1 Å². The van der Waals surface area contributed by atoms with Crippen LogP contribution in [0.4, 0.5) is 9.80 Å². The van der Waals surface area contributed by atoms with Crippen molar-refractivity contribution in [3.05, 3.63) is 45.8 Å². The Bertz CT molecular complexity index is 1400. The minimum absolute atomic E-state index is 0.0203. The van der Waals surface area contributed by atoms with Gasteiger partial charge in [0.25, 0.3) is 5.91 Å². The lowest BCUT2D eigenvalue weighted by molar-refractivity contribution is -0.149. The molecule has 2 aliphatic rings. The van der Waals surface area contributed by atoms with E-state index in [1.54, 1.807) is 18.7 Å². The molecule has 2 aromatic rings. The topological polar surface area (TPSA) is 146 Å². The number of fused-ring (bicyclic) bond motifs is 1. The number of esters is 1. The van der Waals surface area contributed by atoms with Crippen LogP contribution in [0.1, 0.15) is 53.1 Å². The van der Waals surface area contributed by atoms with Gasteiger partial charge in [-0.25, -0.2) is 13.2 Å². The Balaban J connectivity index is 1.46. The third-order valence-electron chi connectivity index (χ3n) is 6.68. The Morgan fingerprint density at radius 1 is 1.13 bits per heavy atom. The summed E-state index contributed by atoms with van der Waals surface area (Å²) < 4.78 is 37.8. The zero-order valence-electron chi connectivity index (χ0n) is 21.8. The number of nitrogens with one attached hydrogen (secondary N) is 1. The van der Waals surface area contributed by atoms with Gasteiger partial charge in [-0.15, -0.1) is 11.3 Å². The largest absolute Gasteiger partial charge is 0.466 e.